The summed E-state index contributed by atoms with van der Waals surface area (Å²) in [6, 6.07) is 11.9. The average Bonchev–Trinajstić information content (AvgIpc) is 2.69. The van der Waals surface area contributed by atoms with Crippen LogP contribution in [0.3, 0.4) is 0 Å². The van der Waals surface area contributed by atoms with Gasteiger partial charge in [-0.3, -0.25) is 4.79 Å². The van der Waals surface area contributed by atoms with E-state index in [1.807, 2.05) is 6.92 Å². The molecule has 1 amide bonds. The fraction of sp³-hybridized carbons (Fsp3) is 0.333. The molecule has 0 spiro atoms. The number of benzene rings is 2. The van der Waals surface area contributed by atoms with Crippen molar-refractivity contribution in [2.24, 2.45) is 0 Å². The monoisotopic (exact) mass is 436 g/mol. The standard InChI is InChI=1S/C21H25FN2O5S/c1-3-4-13-29-21(26)16-9-11-18(12-10-16)23-20(25)15-24(30(2,27)28)14-17-7-5-6-8-19(17)22/h5-12H,3-4,13-15H2,1-2H3,(H,23,25). The Balaban J connectivity index is 2.00. The van der Waals surface area contributed by atoms with E-state index in [2.05, 4.69) is 5.32 Å². The molecule has 1 N–H and O–H groups in total. The van der Waals surface area contributed by atoms with Crippen molar-refractivity contribution in [1.29, 1.82) is 0 Å². The molecule has 0 aromatic heterocycles. The fourth-order valence-corrected chi connectivity index (χ4v) is 3.28. The van der Waals surface area contributed by atoms with E-state index in [0.717, 1.165) is 23.4 Å². The van der Waals surface area contributed by atoms with E-state index in [9.17, 15) is 22.4 Å². The Morgan fingerprint density at radius 3 is 2.37 bits per heavy atom. The van der Waals surface area contributed by atoms with Gasteiger partial charge in [-0.2, -0.15) is 4.31 Å². The largest absolute Gasteiger partial charge is 0.462 e. The molecule has 0 saturated carbocycles. The minimum atomic E-state index is -3.75. The third-order valence-corrected chi connectivity index (χ3v) is 5.43. The Labute approximate surface area is 175 Å². The molecule has 30 heavy (non-hydrogen) atoms. The van der Waals surface area contributed by atoms with Crippen molar-refractivity contribution in [3.05, 3.63) is 65.5 Å². The number of carbonyl (C=O) groups is 2. The van der Waals surface area contributed by atoms with Gasteiger partial charge in [0.1, 0.15) is 5.82 Å². The van der Waals surface area contributed by atoms with Crippen molar-refractivity contribution in [1.82, 2.24) is 4.31 Å². The molecule has 0 radical (unpaired) electrons. The number of esters is 1. The third kappa shape index (κ3) is 7.23. The number of ether oxygens (including phenoxy) is 1. The van der Waals surface area contributed by atoms with E-state index < -0.39 is 34.3 Å². The van der Waals surface area contributed by atoms with Gasteiger partial charge in [-0.05, 0) is 36.8 Å². The van der Waals surface area contributed by atoms with Crippen molar-refractivity contribution in [3.63, 3.8) is 0 Å². The van der Waals surface area contributed by atoms with Gasteiger partial charge < -0.3 is 10.1 Å². The quantitative estimate of drug-likeness (QED) is 0.456. The van der Waals surface area contributed by atoms with Gasteiger partial charge in [0, 0.05) is 17.8 Å². The number of nitrogens with one attached hydrogen (secondary N) is 1. The van der Waals surface area contributed by atoms with Crippen molar-refractivity contribution in [2.75, 3.05) is 24.7 Å². The number of sulfonamides is 1. The van der Waals surface area contributed by atoms with Crippen LogP contribution in [0, 0.1) is 5.82 Å². The first-order valence-corrected chi connectivity index (χ1v) is 11.3. The van der Waals surface area contributed by atoms with Crippen LogP contribution >= 0.6 is 0 Å². The van der Waals surface area contributed by atoms with Gasteiger partial charge in [-0.25, -0.2) is 17.6 Å². The number of amides is 1. The van der Waals surface area contributed by atoms with Crippen LogP contribution in [0.5, 0.6) is 0 Å². The molecular weight excluding hydrogens is 411 g/mol. The first kappa shape index (κ1) is 23.5. The van der Waals surface area contributed by atoms with E-state index in [1.165, 1.54) is 42.5 Å². The Kier molecular flexibility index (Phi) is 8.49. The Bertz CT molecular complexity index is 977. The van der Waals surface area contributed by atoms with Gasteiger partial charge in [0.25, 0.3) is 0 Å². The second kappa shape index (κ2) is 10.8. The summed E-state index contributed by atoms with van der Waals surface area (Å²) in [5, 5.41) is 2.57. The van der Waals surface area contributed by atoms with Gasteiger partial charge in [0.05, 0.1) is 25.0 Å². The van der Waals surface area contributed by atoms with Crippen LogP contribution < -0.4 is 5.32 Å². The predicted octanol–water partition coefficient (Wildman–Crippen LogP) is 3.18. The van der Waals surface area contributed by atoms with Gasteiger partial charge in [0.2, 0.25) is 15.9 Å². The van der Waals surface area contributed by atoms with Crippen LogP contribution in [0.2, 0.25) is 0 Å². The first-order valence-electron chi connectivity index (χ1n) is 9.46. The molecule has 0 atom stereocenters. The maximum atomic E-state index is 13.9. The molecule has 0 aliphatic rings. The average molecular weight is 437 g/mol. The lowest BCUT2D eigenvalue weighted by atomic mass is 10.2. The second-order valence-corrected chi connectivity index (χ2v) is 8.72. The normalized spacial score (nSPS) is 11.3. The van der Waals surface area contributed by atoms with Gasteiger partial charge >= 0.3 is 5.97 Å². The molecular formula is C21H25FN2O5S. The summed E-state index contributed by atoms with van der Waals surface area (Å²) in [6.07, 6.45) is 2.66. The van der Waals surface area contributed by atoms with Crippen molar-refractivity contribution in [2.45, 2.75) is 26.3 Å². The number of anilines is 1. The maximum Gasteiger partial charge on any atom is 0.338 e. The summed E-state index contributed by atoms with van der Waals surface area (Å²) < 4.78 is 43.9. The van der Waals surface area contributed by atoms with Crippen LogP contribution in [0.25, 0.3) is 0 Å². The highest BCUT2D eigenvalue weighted by Gasteiger charge is 2.22. The fourth-order valence-electron chi connectivity index (χ4n) is 2.55. The minimum Gasteiger partial charge on any atom is -0.462 e. The van der Waals surface area contributed by atoms with Crippen molar-refractivity contribution >= 4 is 27.6 Å². The summed E-state index contributed by atoms with van der Waals surface area (Å²) in [6.45, 7) is 1.60. The van der Waals surface area contributed by atoms with Gasteiger partial charge in [-0.15, -0.1) is 0 Å². The molecule has 7 nitrogen and oxygen atoms in total. The third-order valence-electron chi connectivity index (χ3n) is 4.23. The van der Waals surface area contributed by atoms with Crippen molar-refractivity contribution in [3.8, 4) is 0 Å². The maximum absolute atomic E-state index is 13.9. The number of nitrogens with zero attached hydrogens (tertiary/aromatic N) is 1. The number of halogens is 1. The van der Waals surface area contributed by atoms with E-state index in [0.29, 0.717) is 17.9 Å². The lowest BCUT2D eigenvalue weighted by molar-refractivity contribution is -0.116. The van der Waals surface area contributed by atoms with Crippen LogP contribution in [0.1, 0.15) is 35.7 Å². The Morgan fingerprint density at radius 1 is 1.10 bits per heavy atom. The molecule has 0 fully saturated rings. The molecule has 0 bridgehead atoms. The van der Waals surface area contributed by atoms with E-state index in [4.69, 9.17) is 4.74 Å². The number of hydrogen-bond acceptors (Lipinski definition) is 5. The van der Waals surface area contributed by atoms with Gasteiger partial charge in [0.15, 0.2) is 0 Å². The first-order chi connectivity index (χ1) is 14.2. The molecule has 0 aliphatic carbocycles. The predicted molar refractivity (Wildman–Crippen MR) is 112 cm³/mol. The molecule has 162 valence electrons. The Hall–Kier alpha value is -2.78. The lowest BCUT2D eigenvalue weighted by Crippen LogP contribution is -2.37. The lowest BCUT2D eigenvalue weighted by Gasteiger charge is -2.20. The summed E-state index contributed by atoms with van der Waals surface area (Å²) in [7, 11) is -3.75. The molecule has 0 unspecified atom stereocenters. The zero-order chi connectivity index (χ0) is 22.1. The molecule has 0 aliphatic heterocycles. The van der Waals surface area contributed by atoms with E-state index in [-0.39, 0.29) is 12.1 Å². The van der Waals surface area contributed by atoms with Crippen LogP contribution in [-0.2, 0) is 26.1 Å². The van der Waals surface area contributed by atoms with Crippen LogP contribution in [0.4, 0.5) is 10.1 Å². The van der Waals surface area contributed by atoms with E-state index in [1.54, 1.807) is 6.07 Å². The molecule has 0 saturated heterocycles. The molecule has 2 aromatic rings. The Morgan fingerprint density at radius 2 is 1.77 bits per heavy atom. The SMILES string of the molecule is CCCCOC(=O)c1ccc(NC(=O)CN(Cc2ccccc2F)S(C)(=O)=O)cc1. The summed E-state index contributed by atoms with van der Waals surface area (Å²) in [4.78, 5) is 24.2. The molecule has 0 heterocycles. The molecule has 2 aromatic carbocycles. The summed E-state index contributed by atoms with van der Waals surface area (Å²) >= 11 is 0. The van der Waals surface area contributed by atoms with E-state index >= 15 is 0 Å². The number of hydrogen-bond donors (Lipinski definition) is 1. The highest BCUT2D eigenvalue weighted by molar-refractivity contribution is 7.88. The van der Waals surface area contributed by atoms with Crippen molar-refractivity contribution < 1.29 is 27.1 Å². The molecule has 2 rings (SSSR count). The summed E-state index contributed by atoms with van der Waals surface area (Å²) in [5.41, 5.74) is 0.910. The smallest absolute Gasteiger partial charge is 0.338 e. The van der Waals surface area contributed by atoms with Gasteiger partial charge in [-0.1, -0.05) is 31.5 Å². The minimum absolute atomic E-state index is 0.168. The van der Waals surface area contributed by atoms with Crippen LogP contribution in [-0.4, -0.2) is 44.0 Å². The highest BCUT2D eigenvalue weighted by atomic mass is 32.2. The molecule has 9 heteroatoms. The highest BCUT2D eigenvalue weighted by Crippen LogP contribution is 2.14. The van der Waals surface area contributed by atoms with Crippen LogP contribution in [0.15, 0.2) is 48.5 Å². The topological polar surface area (TPSA) is 92.8 Å². The zero-order valence-corrected chi connectivity index (χ0v) is 17.7. The zero-order valence-electron chi connectivity index (χ0n) is 16.9. The number of rotatable bonds is 10. The number of unbranched alkanes of at least 4 members (excludes halogenated alkanes) is 1. The second-order valence-electron chi connectivity index (χ2n) is 6.74. The number of carbonyl (C=O) groups excluding carboxylic acids is 2. The summed E-state index contributed by atoms with van der Waals surface area (Å²) in [5.74, 6) is -1.59.